The molecule has 0 spiro atoms. The van der Waals surface area contributed by atoms with Crippen LogP contribution in [0.3, 0.4) is 0 Å². The predicted octanol–water partition coefficient (Wildman–Crippen LogP) is 0.946. The third kappa shape index (κ3) is 3.68. The molecule has 1 aliphatic heterocycles. The molecule has 0 saturated carbocycles. The van der Waals surface area contributed by atoms with Gasteiger partial charge in [0.15, 0.2) is 0 Å². The van der Waals surface area contributed by atoms with E-state index in [1.54, 1.807) is 4.90 Å². The maximum Gasteiger partial charge on any atom is 0.242 e. The Morgan fingerprint density at radius 2 is 2.12 bits per heavy atom. The molecule has 0 aliphatic carbocycles. The van der Waals surface area contributed by atoms with E-state index in [4.69, 9.17) is 0 Å². The smallest absolute Gasteiger partial charge is 0.242 e. The van der Waals surface area contributed by atoms with E-state index in [0.29, 0.717) is 12.0 Å². The van der Waals surface area contributed by atoms with Crippen molar-refractivity contribution in [3.05, 3.63) is 0 Å². The number of aliphatic hydroxyl groups excluding tert-OH is 1. The van der Waals surface area contributed by atoms with E-state index in [1.807, 2.05) is 7.05 Å². The van der Waals surface area contributed by atoms with Gasteiger partial charge < -0.3 is 10.0 Å². The molecule has 1 aliphatic rings. The van der Waals surface area contributed by atoms with Crippen molar-refractivity contribution >= 4 is 5.91 Å². The third-order valence-electron chi connectivity index (χ3n) is 3.65. The van der Waals surface area contributed by atoms with Crippen LogP contribution in [0, 0.1) is 5.92 Å². The molecule has 1 saturated heterocycles. The molecule has 0 aromatic carbocycles. The molecule has 100 valence electrons. The van der Waals surface area contributed by atoms with E-state index in [1.165, 1.54) is 0 Å². The van der Waals surface area contributed by atoms with Crippen molar-refractivity contribution < 1.29 is 9.90 Å². The minimum absolute atomic E-state index is 0.0561. The van der Waals surface area contributed by atoms with E-state index in [9.17, 15) is 9.90 Å². The van der Waals surface area contributed by atoms with Gasteiger partial charge in [-0.05, 0) is 32.2 Å². The molecule has 0 aromatic heterocycles. The fourth-order valence-corrected chi connectivity index (χ4v) is 2.33. The van der Waals surface area contributed by atoms with Gasteiger partial charge in [-0.3, -0.25) is 9.69 Å². The first-order valence-corrected chi connectivity index (χ1v) is 6.59. The third-order valence-corrected chi connectivity index (χ3v) is 3.65. The van der Waals surface area contributed by atoms with E-state index < -0.39 is 0 Å². The molecule has 4 heteroatoms. The highest BCUT2D eigenvalue weighted by molar-refractivity contribution is 5.82. The van der Waals surface area contributed by atoms with E-state index in [2.05, 4.69) is 25.7 Å². The Morgan fingerprint density at radius 3 is 2.65 bits per heavy atom. The number of likely N-dealkylation sites (N-methyl/N-ethyl adjacent to an activating group) is 1. The number of aliphatic hydroxyl groups is 1. The van der Waals surface area contributed by atoms with Crippen LogP contribution in [-0.4, -0.2) is 59.6 Å². The van der Waals surface area contributed by atoms with Gasteiger partial charge in [0.1, 0.15) is 6.04 Å². The molecule has 1 N–H and O–H groups in total. The molecule has 1 rings (SSSR count). The zero-order chi connectivity index (χ0) is 13.0. The van der Waals surface area contributed by atoms with Gasteiger partial charge in [0.2, 0.25) is 5.91 Å². The second-order valence-corrected chi connectivity index (χ2v) is 5.52. The number of hydrogen-bond donors (Lipinski definition) is 1. The summed E-state index contributed by atoms with van der Waals surface area (Å²) in [6.45, 7) is 8.12. The van der Waals surface area contributed by atoms with Crippen LogP contribution in [0.25, 0.3) is 0 Å². The van der Waals surface area contributed by atoms with Crippen LogP contribution in [0.15, 0.2) is 0 Å². The Hall–Kier alpha value is -0.610. The molecule has 17 heavy (non-hydrogen) atoms. The molecule has 4 nitrogen and oxygen atoms in total. The first-order chi connectivity index (χ1) is 7.97. The molecule has 1 amide bonds. The van der Waals surface area contributed by atoms with Crippen molar-refractivity contribution in [2.24, 2.45) is 5.92 Å². The molecule has 2 atom stereocenters. The summed E-state index contributed by atoms with van der Waals surface area (Å²) in [5.74, 6) is 0.679. The Morgan fingerprint density at radius 1 is 1.47 bits per heavy atom. The lowest BCUT2D eigenvalue weighted by Gasteiger charge is -2.32. The van der Waals surface area contributed by atoms with Crippen molar-refractivity contribution in [1.82, 2.24) is 9.80 Å². The summed E-state index contributed by atoms with van der Waals surface area (Å²) in [4.78, 5) is 16.0. The molecule has 1 fully saturated rings. The van der Waals surface area contributed by atoms with E-state index in [0.717, 1.165) is 25.9 Å². The lowest BCUT2D eigenvalue weighted by Crippen LogP contribution is -2.50. The van der Waals surface area contributed by atoms with Crippen molar-refractivity contribution in [2.75, 3.05) is 26.7 Å². The Bertz CT molecular complexity index is 256. The highest BCUT2D eigenvalue weighted by atomic mass is 16.3. The summed E-state index contributed by atoms with van der Waals surface area (Å²) < 4.78 is 0. The summed E-state index contributed by atoms with van der Waals surface area (Å²) >= 11 is 0. The number of amides is 1. The zero-order valence-corrected chi connectivity index (χ0v) is 11.5. The molecule has 0 aromatic rings. The van der Waals surface area contributed by atoms with Crippen LogP contribution in [-0.2, 0) is 4.79 Å². The summed E-state index contributed by atoms with van der Waals surface area (Å²) in [6.07, 6.45) is 2.05. The maximum absolute atomic E-state index is 12.1. The fourth-order valence-electron chi connectivity index (χ4n) is 2.33. The van der Waals surface area contributed by atoms with Gasteiger partial charge in [-0.15, -0.1) is 0 Å². The minimum Gasteiger partial charge on any atom is -0.394 e. The zero-order valence-electron chi connectivity index (χ0n) is 11.5. The normalized spacial score (nSPS) is 27.6. The first kappa shape index (κ1) is 14.5. The lowest BCUT2D eigenvalue weighted by molar-refractivity contribution is -0.136. The Labute approximate surface area is 105 Å². The second kappa shape index (κ2) is 6.36. The van der Waals surface area contributed by atoms with Gasteiger partial charge in [-0.25, -0.2) is 0 Å². The summed E-state index contributed by atoms with van der Waals surface area (Å²) in [7, 11) is 1.82. The predicted molar refractivity (Wildman–Crippen MR) is 68.8 cm³/mol. The van der Waals surface area contributed by atoms with Crippen molar-refractivity contribution in [2.45, 2.75) is 45.7 Å². The fraction of sp³-hybridized carbons (Fsp3) is 0.923. The maximum atomic E-state index is 12.1. The number of carbonyl (C=O) groups is 1. The number of rotatable bonds is 4. The van der Waals surface area contributed by atoms with E-state index in [-0.39, 0.29) is 18.6 Å². The average Bonchev–Trinajstić information content (AvgIpc) is 2.38. The van der Waals surface area contributed by atoms with Crippen LogP contribution in [0.4, 0.5) is 0 Å². The Kier molecular flexibility index (Phi) is 5.40. The number of nitrogens with zero attached hydrogens (tertiary/aromatic N) is 2. The summed E-state index contributed by atoms with van der Waals surface area (Å²) in [5.41, 5.74) is 0. The van der Waals surface area contributed by atoms with Crippen LogP contribution in [0.2, 0.25) is 0 Å². The topological polar surface area (TPSA) is 43.8 Å². The number of carbonyl (C=O) groups excluding carboxylic acids is 1. The second-order valence-electron chi connectivity index (χ2n) is 5.52. The highest BCUT2D eigenvalue weighted by Crippen LogP contribution is 2.18. The average molecular weight is 242 g/mol. The van der Waals surface area contributed by atoms with Crippen molar-refractivity contribution in [3.8, 4) is 0 Å². The van der Waals surface area contributed by atoms with Gasteiger partial charge in [-0.1, -0.05) is 13.8 Å². The quantitative estimate of drug-likeness (QED) is 0.798. The Balaban J connectivity index is 2.76. The van der Waals surface area contributed by atoms with Crippen molar-refractivity contribution in [3.63, 3.8) is 0 Å². The summed E-state index contributed by atoms with van der Waals surface area (Å²) in [6, 6.07) is 0.0102. The van der Waals surface area contributed by atoms with Crippen LogP contribution in [0.1, 0.15) is 33.6 Å². The van der Waals surface area contributed by atoms with Crippen molar-refractivity contribution in [1.29, 1.82) is 0 Å². The van der Waals surface area contributed by atoms with Gasteiger partial charge in [0.25, 0.3) is 0 Å². The highest BCUT2D eigenvalue weighted by Gasteiger charge is 2.33. The standard InChI is InChI=1S/C13H26N2O2/c1-10(2)5-8-15-11(3)6-7-14(4)13(17)12(15)9-16/h10-12,16H,5-9H2,1-4H3. The molecule has 0 bridgehead atoms. The number of hydrogen-bond acceptors (Lipinski definition) is 3. The largest absolute Gasteiger partial charge is 0.394 e. The lowest BCUT2D eigenvalue weighted by atomic mass is 10.1. The molecule has 0 radical (unpaired) electrons. The summed E-state index contributed by atoms with van der Waals surface area (Å²) in [5, 5.41) is 9.47. The van der Waals surface area contributed by atoms with E-state index >= 15 is 0 Å². The van der Waals surface area contributed by atoms with Gasteiger partial charge in [-0.2, -0.15) is 0 Å². The SMILES string of the molecule is CC(C)CCN1C(C)CCN(C)C(=O)C1CO. The molecular weight excluding hydrogens is 216 g/mol. The van der Waals surface area contributed by atoms with Crippen LogP contribution >= 0.6 is 0 Å². The minimum atomic E-state index is -0.351. The monoisotopic (exact) mass is 242 g/mol. The van der Waals surface area contributed by atoms with Crippen LogP contribution in [0.5, 0.6) is 0 Å². The molecular formula is C13H26N2O2. The van der Waals surface area contributed by atoms with Crippen LogP contribution < -0.4 is 0 Å². The molecule has 2 unspecified atom stereocenters. The van der Waals surface area contributed by atoms with Gasteiger partial charge >= 0.3 is 0 Å². The van der Waals surface area contributed by atoms with Gasteiger partial charge in [0, 0.05) is 19.6 Å². The van der Waals surface area contributed by atoms with Gasteiger partial charge in [0.05, 0.1) is 6.61 Å². The molecule has 1 heterocycles. The first-order valence-electron chi connectivity index (χ1n) is 6.59.